The highest BCUT2D eigenvalue weighted by Crippen LogP contribution is 2.63. The second kappa shape index (κ2) is 5.90. The van der Waals surface area contributed by atoms with E-state index in [2.05, 4.69) is 17.9 Å². The number of carbonyl (C=O) groups excluding carboxylic acids is 1. The molecular formula is C22H25FO3. The number of hydrogen-bond acceptors (Lipinski definition) is 3. The molecule has 4 heteroatoms. The van der Waals surface area contributed by atoms with E-state index in [-0.39, 0.29) is 29.5 Å². The first-order chi connectivity index (χ1) is 12.3. The lowest BCUT2D eigenvalue weighted by atomic mass is 9.51. The van der Waals surface area contributed by atoms with Crippen molar-refractivity contribution in [2.45, 2.75) is 44.8 Å². The summed E-state index contributed by atoms with van der Waals surface area (Å²) in [6, 6.07) is 0. The van der Waals surface area contributed by atoms with E-state index in [4.69, 9.17) is 0 Å². The molecule has 0 aromatic rings. The number of halogens is 1. The van der Waals surface area contributed by atoms with Gasteiger partial charge in [0.1, 0.15) is 12.3 Å². The number of aliphatic hydroxyl groups excluding tert-OH is 1. The lowest BCUT2D eigenvalue weighted by Gasteiger charge is -2.55. The van der Waals surface area contributed by atoms with Crippen LogP contribution < -0.4 is 0 Å². The fourth-order valence-electron chi connectivity index (χ4n) is 6.10. The summed E-state index contributed by atoms with van der Waals surface area (Å²) in [4.78, 5) is 11.8. The third kappa shape index (κ3) is 2.30. The number of ketones is 1. The number of carbonyl (C=O) groups is 1. The molecule has 7 atom stereocenters. The van der Waals surface area contributed by atoms with E-state index >= 15 is 0 Å². The average molecular weight is 355 g/mol. The first kappa shape index (κ1) is 17.7. The summed E-state index contributed by atoms with van der Waals surface area (Å²) in [5.41, 5.74) is 0.260. The predicted molar refractivity (Wildman–Crippen MR) is 96.6 cm³/mol. The quantitative estimate of drug-likeness (QED) is 0.657. The van der Waals surface area contributed by atoms with E-state index < -0.39 is 23.8 Å². The Balaban J connectivity index is 1.78. The van der Waals surface area contributed by atoms with Crippen molar-refractivity contribution in [2.24, 2.45) is 29.1 Å². The van der Waals surface area contributed by atoms with Gasteiger partial charge in [-0.25, -0.2) is 4.39 Å². The first-order valence-electron chi connectivity index (χ1n) is 9.40. The molecule has 4 rings (SSSR count). The zero-order valence-corrected chi connectivity index (χ0v) is 15.2. The Hall–Kier alpha value is -1.70. The van der Waals surface area contributed by atoms with E-state index in [1.165, 1.54) is 0 Å². The second-order valence-electron chi connectivity index (χ2n) is 8.52. The average Bonchev–Trinajstić information content (AvgIpc) is 2.85. The monoisotopic (exact) mass is 355 g/mol. The Labute approximate surface area is 153 Å². The Kier molecular flexibility index (Phi) is 4.02. The molecule has 0 aliphatic heterocycles. The van der Waals surface area contributed by atoms with Crippen molar-refractivity contribution in [2.75, 3.05) is 6.67 Å². The Morgan fingerprint density at radius 1 is 1.42 bits per heavy atom. The molecule has 0 heterocycles. The molecule has 0 bridgehead atoms. The van der Waals surface area contributed by atoms with Crippen LogP contribution >= 0.6 is 0 Å². The van der Waals surface area contributed by atoms with Gasteiger partial charge in [0.25, 0.3) is 0 Å². The smallest absolute Gasteiger partial charge is 0.178 e. The zero-order valence-electron chi connectivity index (χ0n) is 15.2. The summed E-state index contributed by atoms with van der Waals surface area (Å²) in [6.07, 6.45) is 8.54. The van der Waals surface area contributed by atoms with Crippen LogP contribution in [0.3, 0.4) is 0 Å². The van der Waals surface area contributed by atoms with Crippen molar-refractivity contribution in [1.29, 1.82) is 0 Å². The van der Waals surface area contributed by atoms with Crippen LogP contribution in [0, 0.1) is 40.9 Å². The lowest BCUT2D eigenvalue weighted by Crippen LogP contribution is -2.56. The van der Waals surface area contributed by atoms with Crippen molar-refractivity contribution in [3.05, 3.63) is 35.5 Å². The third-order valence-corrected chi connectivity index (χ3v) is 7.37. The van der Waals surface area contributed by atoms with E-state index in [0.717, 1.165) is 17.6 Å². The van der Waals surface area contributed by atoms with Gasteiger partial charge in [0, 0.05) is 17.3 Å². The van der Waals surface area contributed by atoms with Gasteiger partial charge in [-0.3, -0.25) is 4.79 Å². The van der Waals surface area contributed by atoms with E-state index in [9.17, 15) is 19.4 Å². The SMILES string of the molecule is CC1=CC2C(C3C=CC(=O)C=C13)[C@@H](O)C[C@@]1(C)C2CC[C@@]1(O)C#CC[18F]. The van der Waals surface area contributed by atoms with Crippen LogP contribution in [0.2, 0.25) is 0 Å². The van der Waals surface area contributed by atoms with Gasteiger partial charge in [0.2, 0.25) is 0 Å². The number of aliphatic hydroxyl groups is 2. The molecule has 0 spiro atoms. The molecule has 4 aliphatic carbocycles. The molecule has 0 amide bonds. The van der Waals surface area contributed by atoms with Crippen LogP contribution in [0.15, 0.2) is 35.5 Å². The van der Waals surface area contributed by atoms with E-state index in [1.807, 2.05) is 19.9 Å². The Bertz CT molecular complexity index is 798. The van der Waals surface area contributed by atoms with E-state index in [0.29, 0.717) is 12.8 Å². The highest BCUT2D eigenvalue weighted by molar-refractivity contribution is 6.01. The van der Waals surface area contributed by atoms with Gasteiger partial charge in [-0.15, -0.1) is 0 Å². The summed E-state index contributed by atoms with van der Waals surface area (Å²) in [7, 11) is 0. The molecule has 2 saturated carbocycles. The Morgan fingerprint density at radius 3 is 2.92 bits per heavy atom. The topological polar surface area (TPSA) is 57.5 Å². The lowest BCUT2D eigenvalue weighted by molar-refractivity contribution is -0.119. The number of rotatable bonds is 0. The molecular weight excluding hydrogens is 330 g/mol. The molecule has 2 N–H and O–H groups in total. The molecule has 26 heavy (non-hydrogen) atoms. The Morgan fingerprint density at radius 2 is 2.19 bits per heavy atom. The van der Waals surface area contributed by atoms with Crippen LogP contribution in [0.4, 0.5) is 4.39 Å². The second-order valence-corrected chi connectivity index (χ2v) is 8.52. The summed E-state index contributed by atoms with van der Waals surface area (Å²) in [5.74, 6) is 5.51. The molecule has 2 fully saturated rings. The summed E-state index contributed by atoms with van der Waals surface area (Å²) in [5, 5.41) is 22.2. The molecule has 0 radical (unpaired) electrons. The number of alkyl halides is 1. The fraction of sp³-hybridized carbons (Fsp3) is 0.591. The van der Waals surface area contributed by atoms with Crippen LogP contribution in [0.1, 0.15) is 33.1 Å². The van der Waals surface area contributed by atoms with Crippen molar-refractivity contribution >= 4 is 5.78 Å². The van der Waals surface area contributed by atoms with Crippen molar-refractivity contribution in [3.8, 4) is 11.8 Å². The van der Waals surface area contributed by atoms with Crippen molar-refractivity contribution in [1.82, 2.24) is 0 Å². The van der Waals surface area contributed by atoms with Crippen LogP contribution in [-0.2, 0) is 4.79 Å². The summed E-state index contributed by atoms with van der Waals surface area (Å²) in [6.45, 7) is 3.24. The fourth-order valence-corrected chi connectivity index (χ4v) is 6.10. The van der Waals surface area contributed by atoms with Gasteiger partial charge in [-0.1, -0.05) is 36.5 Å². The van der Waals surface area contributed by atoms with Crippen LogP contribution in [0.5, 0.6) is 0 Å². The van der Waals surface area contributed by atoms with Gasteiger partial charge in [-0.2, -0.15) is 0 Å². The summed E-state index contributed by atoms with van der Waals surface area (Å²) < 4.78 is 12.6. The van der Waals surface area contributed by atoms with Gasteiger partial charge >= 0.3 is 0 Å². The standard InChI is InChI=1S/C22H25FO3/c1-13-10-17-18-6-8-22(26,7-3-9-23)21(18,2)12-19(25)20(17)15-5-4-14(24)11-16(13)15/h4-5,10-11,15,17-20,25-26H,6,8-9,12H2,1-2H3/t15?,17?,18?,19-,20?,21-,22-/m0/s1/i23-1. The minimum atomic E-state index is -1.26. The van der Waals surface area contributed by atoms with Gasteiger partial charge in [-0.05, 0) is 55.7 Å². The minimum absolute atomic E-state index is 0.00357. The molecule has 4 unspecified atom stereocenters. The largest absolute Gasteiger partial charge is 0.393 e. The normalized spacial score (nSPS) is 46.3. The number of fused-ring (bicyclic) bond motifs is 5. The van der Waals surface area contributed by atoms with Crippen LogP contribution in [0.25, 0.3) is 0 Å². The molecule has 0 aromatic carbocycles. The highest BCUT2D eigenvalue weighted by atomic mass is 18.2. The molecule has 4 aliphatic rings. The van der Waals surface area contributed by atoms with E-state index in [1.54, 1.807) is 12.2 Å². The summed E-state index contributed by atoms with van der Waals surface area (Å²) >= 11 is 0. The number of allylic oxidation sites excluding steroid dienone is 6. The molecule has 3 nitrogen and oxygen atoms in total. The zero-order chi connectivity index (χ0) is 18.7. The van der Waals surface area contributed by atoms with Gasteiger partial charge in [0.15, 0.2) is 5.78 Å². The maximum Gasteiger partial charge on any atom is 0.178 e. The van der Waals surface area contributed by atoms with Crippen molar-refractivity contribution in [3.63, 3.8) is 0 Å². The maximum atomic E-state index is 12.6. The number of hydrogen-bond donors (Lipinski definition) is 2. The van der Waals surface area contributed by atoms with Gasteiger partial charge < -0.3 is 10.2 Å². The first-order valence-corrected chi connectivity index (χ1v) is 9.40. The molecule has 138 valence electrons. The van der Waals surface area contributed by atoms with Crippen molar-refractivity contribution < 1.29 is 19.4 Å². The maximum absolute atomic E-state index is 12.6. The molecule has 0 aromatic heterocycles. The van der Waals surface area contributed by atoms with Gasteiger partial charge in [0.05, 0.1) is 6.10 Å². The highest BCUT2D eigenvalue weighted by Gasteiger charge is 2.63. The molecule has 0 saturated heterocycles. The minimum Gasteiger partial charge on any atom is -0.393 e. The predicted octanol–water partition coefficient (Wildman–Crippen LogP) is 2.75. The van der Waals surface area contributed by atoms with Crippen LogP contribution in [-0.4, -0.2) is 34.4 Å². The third-order valence-electron chi connectivity index (χ3n) is 7.37.